The van der Waals surface area contributed by atoms with E-state index in [4.69, 9.17) is 0 Å². The van der Waals surface area contributed by atoms with Crippen LogP contribution in [0.25, 0.3) is 0 Å². The SMILES string of the molecule is CCCC(CNCC(C)C)N1Cc2ccccc2C1. The summed E-state index contributed by atoms with van der Waals surface area (Å²) in [4.78, 5) is 2.64. The number of fused-ring (bicyclic) bond motifs is 1. The minimum atomic E-state index is 0.677. The third-order valence-electron chi connectivity index (χ3n) is 3.94. The van der Waals surface area contributed by atoms with E-state index in [0.29, 0.717) is 6.04 Å². The average molecular weight is 260 g/mol. The van der Waals surface area contributed by atoms with Crippen molar-refractivity contribution in [1.82, 2.24) is 10.2 Å². The minimum Gasteiger partial charge on any atom is -0.315 e. The van der Waals surface area contributed by atoms with E-state index in [0.717, 1.165) is 32.1 Å². The number of hydrogen-bond donors (Lipinski definition) is 1. The Hall–Kier alpha value is -0.860. The molecule has 2 heteroatoms. The summed E-state index contributed by atoms with van der Waals surface area (Å²) in [7, 11) is 0. The van der Waals surface area contributed by atoms with Crippen molar-refractivity contribution in [3.05, 3.63) is 35.4 Å². The Morgan fingerprint density at radius 2 is 1.74 bits per heavy atom. The van der Waals surface area contributed by atoms with Crippen molar-refractivity contribution >= 4 is 0 Å². The molecule has 2 rings (SSSR count). The van der Waals surface area contributed by atoms with Gasteiger partial charge in [0.2, 0.25) is 0 Å². The number of rotatable bonds is 7. The Kier molecular flexibility index (Phi) is 5.41. The van der Waals surface area contributed by atoms with Crippen LogP contribution in [-0.2, 0) is 13.1 Å². The van der Waals surface area contributed by atoms with E-state index in [1.807, 2.05) is 0 Å². The summed E-state index contributed by atoms with van der Waals surface area (Å²) in [5.74, 6) is 0.734. The number of hydrogen-bond acceptors (Lipinski definition) is 2. The second kappa shape index (κ2) is 7.06. The van der Waals surface area contributed by atoms with Crippen LogP contribution >= 0.6 is 0 Å². The lowest BCUT2D eigenvalue weighted by molar-refractivity contribution is 0.182. The summed E-state index contributed by atoms with van der Waals surface area (Å²) in [5.41, 5.74) is 3.04. The van der Waals surface area contributed by atoms with E-state index in [1.54, 1.807) is 0 Å². The highest BCUT2D eigenvalue weighted by Crippen LogP contribution is 2.25. The molecular weight excluding hydrogens is 232 g/mol. The van der Waals surface area contributed by atoms with E-state index in [-0.39, 0.29) is 0 Å². The number of benzene rings is 1. The molecule has 0 radical (unpaired) electrons. The Balaban J connectivity index is 1.90. The Labute approximate surface area is 118 Å². The fourth-order valence-corrected chi connectivity index (χ4v) is 2.90. The smallest absolute Gasteiger partial charge is 0.0244 e. The van der Waals surface area contributed by atoms with Crippen LogP contribution in [-0.4, -0.2) is 24.0 Å². The molecule has 1 aliphatic rings. The first-order valence-electron chi connectivity index (χ1n) is 7.72. The molecule has 1 N–H and O–H groups in total. The third kappa shape index (κ3) is 4.05. The normalized spacial score (nSPS) is 16.8. The molecule has 1 aromatic carbocycles. The van der Waals surface area contributed by atoms with Gasteiger partial charge < -0.3 is 5.32 Å². The highest BCUT2D eigenvalue weighted by molar-refractivity contribution is 5.30. The topological polar surface area (TPSA) is 15.3 Å². The maximum Gasteiger partial charge on any atom is 0.0244 e. The molecule has 1 aliphatic heterocycles. The molecule has 0 spiro atoms. The first-order valence-corrected chi connectivity index (χ1v) is 7.72. The van der Waals surface area contributed by atoms with Crippen molar-refractivity contribution in [2.75, 3.05) is 13.1 Å². The lowest BCUT2D eigenvalue weighted by atomic mass is 10.1. The van der Waals surface area contributed by atoms with Gasteiger partial charge in [0, 0.05) is 25.7 Å². The molecule has 19 heavy (non-hydrogen) atoms. The van der Waals surface area contributed by atoms with E-state index in [9.17, 15) is 0 Å². The summed E-state index contributed by atoms with van der Waals surface area (Å²) >= 11 is 0. The van der Waals surface area contributed by atoms with Gasteiger partial charge in [-0.25, -0.2) is 0 Å². The van der Waals surface area contributed by atoms with Gasteiger partial charge in [-0.05, 0) is 30.0 Å². The van der Waals surface area contributed by atoms with Gasteiger partial charge in [0.1, 0.15) is 0 Å². The second-order valence-electron chi connectivity index (χ2n) is 6.17. The van der Waals surface area contributed by atoms with Crippen molar-refractivity contribution in [1.29, 1.82) is 0 Å². The molecule has 106 valence electrons. The zero-order chi connectivity index (χ0) is 13.7. The standard InChI is InChI=1S/C17H28N2/c1-4-7-17(11-18-10-14(2)3)19-12-15-8-5-6-9-16(15)13-19/h5-6,8-9,14,17-18H,4,7,10-13H2,1-3H3. The van der Waals surface area contributed by atoms with Crippen LogP contribution in [0.15, 0.2) is 24.3 Å². The van der Waals surface area contributed by atoms with Crippen LogP contribution < -0.4 is 5.32 Å². The number of nitrogens with zero attached hydrogens (tertiary/aromatic N) is 1. The van der Waals surface area contributed by atoms with E-state index < -0.39 is 0 Å². The van der Waals surface area contributed by atoms with Crippen molar-refractivity contribution in [3.8, 4) is 0 Å². The molecule has 1 aromatic rings. The summed E-state index contributed by atoms with van der Waals surface area (Å²) in [5, 5.41) is 3.63. The highest BCUT2D eigenvalue weighted by Gasteiger charge is 2.24. The Morgan fingerprint density at radius 3 is 2.26 bits per heavy atom. The van der Waals surface area contributed by atoms with E-state index >= 15 is 0 Å². The van der Waals surface area contributed by atoms with E-state index in [2.05, 4.69) is 55.3 Å². The van der Waals surface area contributed by atoms with Crippen molar-refractivity contribution in [2.45, 2.75) is 52.7 Å². The van der Waals surface area contributed by atoms with Crippen molar-refractivity contribution in [2.24, 2.45) is 5.92 Å². The lowest BCUT2D eigenvalue weighted by Gasteiger charge is -2.28. The minimum absolute atomic E-state index is 0.677. The molecule has 1 unspecified atom stereocenters. The van der Waals surface area contributed by atoms with Gasteiger partial charge in [0.05, 0.1) is 0 Å². The van der Waals surface area contributed by atoms with Crippen LogP contribution in [0.3, 0.4) is 0 Å². The first-order chi connectivity index (χ1) is 9.20. The molecule has 1 atom stereocenters. The van der Waals surface area contributed by atoms with Gasteiger partial charge in [-0.1, -0.05) is 51.5 Å². The fraction of sp³-hybridized carbons (Fsp3) is 0.647. The summed E-state index contributed by atoms with van der Waals surface area (Å²) in [6.07, 6.45) is 2.56. The molecule has 2 nitrogen and oxygen atoms in total. The number of nitrogens with one attached hydrogen (secondary N) is 1. The van der Waals surface area contributed by atoms with Crippen LogP contribution in [0, 0.1) is 5.92 Å². The molecule has 0 aromatic heterocycles. The highest BCUT2D eigenvalue weighted by atomic mass is 15.2. The molecule has 0 fully saturated rings. The maximum absolute atomic E-state index is 3.63. The van der Waals surface area contributed by atoms with Crippen LogP contribution in [0.1, 0.15) is 44.7 Å². The molecule has 0 amide bonds. The van der Waals surface area contributed by atoms with Gasteiger partial charge in [-0.3, -0.25) is 4.90 Å². The zero-order valence-electron chi connectivity index (χ0n) is 12.7. The summed E-state index contributed by atoms with van der Waals surface area (Å²) in [6, 6.07) is 9.55. The predicted molar refractivity (Wildman–Crippen MR) is 82.1 cm³/mol. The molecule has 0 saturated carbocycles. The quantitative estimate of drug-likeness (QED) is 0.808. The Bertz CT molecular complexity index is 362. The molecular formula is C17H28N2. The van der Waals surface area contributed by atoms with Gasteiger partial charge in [0.25, 0.3) is 0 Å². The average Bonchev–Trinajstić information content (AvgIpc) is 2.81. The monoisotopic (exact) mass is 260 g/mol. The van der Waals surface area contributed by atoms with Gasteiger partial charge in [0.15, 0.2) is 0 Å². The fourth-order valence-electron chi connectivity index (χ4n) is 2.90. The zero-order valence-corrected chi connectivity index (χ0v) is 12.7. The lowest BCUT2D eigenvalue weighted by Crippen LogP contribution is -2.40. The molecule has 0 aliphatic carbocycles. The van der Waals surface area contributed by atoms with Crippen LogP contribution in [0.4, 0.5) is 0 Å². The van der Waals surface area contributed by atoms with Gasteiger partial charge in [-0.15, -0.1) is 0 Å². The second-order valence-corrected chi connectivity index (χ2v) is 6.17. The van der Waals surface area contributed by atoms with Gasteiger partial charge >= 0.3 is 0 Å². The van der Waals surface area contributed by atoms with Crippen molar-refractivity contribution < 1.29 is 0 Å². The van der Waals surface area contributed by atoms with Crippen LogP contribution in [0.2, 0.25) is 0 Å². The van der Waals surface area contributed by atoms with E-state index in [1.165, 1.54) is 24.0 Å². The molecule has 0 saturated heterocycles. The Morgan fingerprint density at radius 1 is 1.11 bits per heavy atom. The van der Waals surface area contributed by atoms with Gasteiger partial charge in [-0.2, -0.15) is 0 Å². The first kappa shape index (κ1) is 14.5. The molecule has 1 heterocycles. The predicted octanol–water partition coefficient (Wildman–Crippen LogP) is 3.42. The third-order valence-corrected chi connectivity index (χ3v) is 3.94. The summed E-state index contributed by atoms with van der Waals surface area (Å²) in [6.45, 7) is 11.3. The maximum atomic E-state index is 3.63. The molecule has 0 bridgehead atoms. The largest absolute Gasteiger partial charge is 0.315 e. The van der Waals surface area contributed by atoms with Crippen molar-refractivity contribution in [3.63, 3.8) is 0 Å². The van der Waals surface area contributed by atoms with Crippen LogP contribution in [0.5, 0.6) is 0 Å². The summed E-state index contributed by atoms with van der Waals surface area (Å²) < 4.78 is 0.